The van der Waals surface area contributed by atoms with E-state index in [-0.39, 0.29) is 48.5 Å². The molecule has 4 rings (SSSR count). The number of amides is 1. The van der Waals surface area contributed by atoms with Crippen LogP contribution in [-0.2, 0) is 11.3 Å². The molecule has 2 fully saturated rings. The Bertz CT molecular complexity index is 800. The number of rotatable bonds is 4. The SMILES string of the molecule is C[C@H]1[C@H](O)[C@@H](O)[C@H]2CNC[C@@H]2[C@H]1C(=O)NCc1coc(-c2ccccc2)n1.Cl. The second-order valence-corrected chi connectivity index (χ2v) is 7.58. The molecule has 1 aromatic carbocycles. The molecule has 28 heavy (non-hydrogen) atoms. The Kier molecular flexibility index (Phi) is 6.40. The summed E-state index contributed by atoms with van der Waals surface area (Å²) in [5.41, 5.74) is 1.53. The van der Waals surface area contributed by atoms with Crippen molar-refractivity contribution < 1.29 is 19.4 Å². The van der Waals surface area contributed by atoms with Gasteiger partial charge < -0.3 is 25.3 Å². The molecule has 1 aliphatic carbocycles. The summed E-state index contributed by atoms with van der Waals surface area (Å²) in [4.78, 5) is 17.3. The second-order valence-electron chi connectivity index (χ2n) is 7.58. The average molecular weight is 408 g/mol. The minimum atomic E-state index is -0.890. The average Bonchev–Trinajstić information content (AvgIpc) is 3.35. The van der Waals surface area contributed by atoms with E-state index in [2.05, 4.69) is 15.6 Å². The molecule has 1 amide bonds. The number of hydrogen-bond acceptors (Lipinski definition) is 6. The zero-order valence-electron chi connectivity index (χ0n) is 15.6. The first-order valence-electron chi connectivity index (χ1n) is 9.40. The van der Waals surface area contributed by atoms with Crippen molar-refractivity contribution in [1.29, 1.82) is 0 Å². The zero-order chi connectivity index (χ0) is 19.0. The fraction of sp³-hybridized carbons (Fsp3) is 0.500. The fourth-order valence-corrected chi connectivity index (χ4v) is 4.48. The number of carbonyl (C=O) groups excluding carboxylic acids is 1. The van der Waals surface area contributed by atoms with Crippen LogP contribution in [0.3, 0.4) is 0 Å². The maximum Gasteiger partial charge on any atom is 0.226 e. The van der Waals surface area contributed by atoms with Crippen molar-refractivity contribution in [3.05, 3.63) is 42.3 Å². The molecular formula is C20H26ClN3O4. The van der Waals surface area contributed by atoms with Gasteiger partial charge in [-0.3, -0.25) is 4.79 Å². The number of fused-ring (bicyclic) bond motifs is 1. The number of oxazole rings is 1. The van der Waals surface area contributed by atoms with Gasteiger partial charge in [0, 0.05) is 23.9 Å². The van der Waals surface area contributed by atoms with Gasteiger partial charge in [0.2, 0.25) is 11.8 Å². The molecular weight excluding hydrogens is 382 g/mol. The van der Waals surface area contributed by atoms with E-state index in [1.54, 1.807) is 6.26 Å². The minimum Gasteiger partial charge on any atom is -0.444 e. The monoisotopic (exact) mass is 407 g/mol. The predicted molar refractivity (Wildman–Crippen MR) is 106 cm³/mol. The van der Waals surface area contributed by atoms with Crippen molar-refractivity contribution in [2.24, 2.45) is 23.7 Å². The number of halogens is 1. The summed E-state index contributed by atoms with van der Waals surface area (Å²) < 4.78 is 5.50. The quantitative estimate of drug-likeness (QED) is 0.606. The van der Waals surface area contributed by atoms with Gasteiger partial charge in [-0.1, -0.05) is 25.1 Å². The first-order valence-corrected chi connectivity index (χ1v) is 9.40. The van der Waals surface area contributed by atoms with Crippen LogP contribution < -0.4 is 10.6 Å². The summed E-state index contributed by atoms with van der Waals surface area (Å²) in [6.45, 7) is 3.40. The van der Waals surface area contributed by atoms with Gasteiger partial charge in [-0.05, 0) is 30.5 Å². The zero-order valence-corrected chi connectivity index (χ0v) is 16.4. The molecule has 2 heterocycles. The molecule has 8 heteroatoms. The lowest BCUT2D eigenvalue weighted by Gasteiger charge is -2.43. The van der Waals surface area contributed by atoms with Crippen LogP contribution in [0, 0.1) is 23.7 Å². The van der Waals surface area contributed by atoms with Gasteiger partial charge in [0.25, 0.3) is 0 Å². The molecule has 1 aliphatic heterocycles. The number of aliphatic hydroxyl groups excluding tert-OH is 2. The maximum atomic E-state index is 12.9. The molecule has 2 aliphatic rings. The highest BCUT2D eigenvalue weighted by molar-refractivity contribution is 5.85. The molecule has 0 bridgehead atoms. The van der Waals surface area contributed by atoms with E-state index < -0.39 is 12.2 Å². The Balaban J connectivity index is 0.00000225. The lowest BCUT2D eigenvalue weighted by molar-refractivity contribution is -0.146. The molecule has 0 spiro atoms. The van der Waals surface area contributed by atoms with Gasteiger partial charge in [0.15, 0.2) is 0 Å². The molecule has 152 valence electrons. The van der Waals surface area contributed by atoms with Gasteiger partial charge >= 0.3 is 0 Å². The highest BCUT2D eigenvalue weighted by Gasteiger charge is 2.52. The van der Waals surface area contributed by atoms with Gasteiger partial charge in [-0.25, -0.2) is 4.98 Å². The largest absolute Gasteiger partial charge is 0.444 e. The van der Waals surface area contributed by atoms with E-state index in [1.807, 2.05) is 37.3 Å². The van der Waals surface area contributed by atoms with Crippen LogP contribution in [0.1, 0.15) is 12.6 Å². The summed E-state index contributed by atoms with van der Waals surface area (Å²) in [6.07, 6.45) is -0.127. The molecule has 2 aromatic rings. The van der Waals surface area contributed by atoms with Crippen LogP contribution in [0.5, 0.6) is 0 Å². The third kappa shape index (κ3) is 3.80. The number of aliphatic hydroxyl groups is 2. The van der Waals surface area contributed by atoms with Crippen LogP contribution in [-0.4, -0.2) is 46.4 Å². The normalized spacial score (nSPS) is 31.7. The van der Waals surface area contributed by atoms with Crippen molar-refractivity contribution in [3.8, 4) is 11.5 Å². The van der Waals surface area contributed by atoms with Gasteiger partial charge in [0.1, 0.15) is 6.26 Å². The van der Waals surface area contributed by atoms with Crippen LogP contribution >= 0.6 is 12.4 Å². The Morgan fingerprint density at radius 2 is 1.93 bits per heavy atom. The highest BCUT2D eigenvalue weighted by atomic mass is 35.5. The van der Waals surface area contributed by atoms with Gasteiger partial charge in [0.05, 0.1) is 24.4 Å². The Morgan fingerprint density at radius 3 is 2.68 bits per heavy atom. The Labute approximate surface area is 170 Å². The molecule has 1 saturated heterocycles. The van der Waals surface area contributed by atoms with Crippen LogP contribution in [0.4, 0.5) is 0 Å². The van der Waals surface area contributed by atoms with Gasteiger partial charge in [-0.2, -0.15) is 0 Å². The summed E-state index contributed by atoms with van der Waals surface area (Å²) in [6, 6.07) is 9.58. The van der Waals surface area contributed by atoms with Crippen molar-refractivity contribution in [2.75, 3.05) is 13.1 Å². The Morgan fingerprint density at radius 1 is 1.21 bits per heavy atom. The summed E-state index contributed by atoms with van der Waals surface area (Å²) >= 11 is 0. The van der Waals surface area contributed by atoms with E-state index in [0.29, 0.717) is 24.7 Å². The third-order valence-electron chi connectivity index (χ3n) is 5.98. The molecule has 1 aromatic heterocycles. The van der Waals surface area contributed by atoms with Crippen molar-refractivity contribution >= 4 is 18.3 Å². The maximum absolute atomic E-state index is 12.9. The minimum absolute atomic E-state index is 0. The first-order chi connectivity index (χ1) is 13.1. The molecule has 0 unspecified atom stereocenters. The number of nitrogens with one attached hydrogen (secondary N) is 2. The van der Waals surface area contributed by atoms with Crippen LogP contribution in [0.25, 0.3) is 11.5 Å². The first kappa shape index (κ1) is 20.8. The summed E-state index contributed by atoms with van der Waals surface area (Å²) in [5.74, 6) is -0.317. The second kappa shape index (κ2) is 8.61. The standard InChI is InChI=1S/C20H25N3O4.ClH/c1-11-16(14-8-21-9-15(14)18(25)17(11)24)19(26)22-7-13-10-27-20(23-13)12-5-3-2-4-6-12;/h2-6,10-11,14-18,21,24-25H,7-9H2,1H3,(H,22,26);1H/t11-,14+,15+,16+,17+,18+;/m1./s1. The summed E-state index contributed by atoms with van der Waals surface area (Å²) in [7, 11) is 0. The molecule has 1 saturated carbocycles. The lowest BCUT2D eigenvalue weighted by Crippen LogP contribution is -2.55. The fourth-order valence-electron chi connectivity index (χ4n) is 4.48. The van der Waals surface area contributed by atoms with E-state index in [9.17, 15) is 15.0 Å². The number of carbonyl (C=O) groups is 1. The van der Waals surface area contributed by atoms with E-state index in [4.69, 9.17) is 4.42 Å². The van der Waals surface area contributed by atoms with Gasteiger partial charge in [-0.15, -0.1) is 12.4 Å². The number of aromatic nitrogens is 1. The smallest absolute Gasteiger partial charge is 0.226 e. The van der Waals surface area contributed by atoms with Crippen LogP contribution in [0.2, 0.25) is 0 Å². The number of hydrogen-bond donors (Lipinski definition) is 4. The highest BCUT2D eigenvalue weighted by Crippen LogP contribution is 2.41. The van der Waals surface area contributed by atoms with E-state index >= 15 is 0 Å². The predicted octanol–water partition coefficient (Wildman–Crippen LogP) is 1.20. The molecule has 0 radical (unpaired) electrons. The lowest BCUT2D eigenvalue weighted by atomic mass is 9.65. The van der Waals surface area contributed by atoms with Crippen molar-refractivity contribution in [1.82, 2.24) is 15.6 Å². The topological polar surface area (TPSA) is 108 Å². The molecule has 7 nitrogen and oxygen atoms in total. The number of benzene rings is 1. The summed E-state index contributed by atoms with van der Waals surface area (Å²) in [5, 5.41) is 26.8. The Hall–Kier alpha value is -1.93. The van der Waals surface area contributed by atoms with Crippen molar-refractivity contribution in [2.45, 2.75) is 25.7 Å². The third-order valence-corrected chi connectivity index (χ3v) is 5.98. The molecule has 4 N–H and O–H groups in total. The van der Waals surface area contributed by atoms with E-state index in [1.165, 1.54) is 0 Å². The van der Waals surface area contributed by atoms with E-state index in [0.717, 1.165) is 5.56 Å². The van der Waals surface area contributed by atoms with Crippen molar-refractivity contribution in [3.63, 3.8) is 0 Å². The van der Waals surface area contributed by atoms with Crippen LogP contribution in [0.15, 0.2) is 41.0 Å². The number of nitrogens with zero attached hydrogens (tertiary/aromatic N) is 1. The molecule has 6 atom stereocenters.